The van der Waals surface area contributed by atoms with Gasteiger partial charge in [0.1, 0.15) is 11.6 Å². The molecule has 2 rings (SSSR count). The van der Waals surface area contributed by atoms with Crippen LogP contribution in [-0.2, 0) is 4.79 Å². The normalized spacial score (nSPS) is 20.9. The Balaban J connectivity index is 2.31. The summed E-state index contributed by atoms with van der Waals surface area (Å²) in [7, 11) is 0. The number of amides is 1. The first-order valence-corrected chi connectivity index (χ1v) is 4.42. The van der Waals surface area contributed by atoms with Crippen LogP contribution in [0.25, 0.3) is 0 Å². The summed E-state index contributed by atoms with van der Waals surface area (Å²) >= 11 is 0. The van der Waals surface area contributed by atoms with Crippen molar-refractivity contribution in [2.24, 2.45) is 0 Å². The van der Waals surface area contributed by atoms with E-state index in [0.717, 1.165) is 0 Å². The Bertz CT molecular complexity index is 378. The maximum absolute atomic E-state index is 12.9. The molecule has 0 radical (unpaired) electrons. The molecule has 3 nitrogen and oxygen atoms in total. The maximum atomic E-state index is 12.9. The van der Waals surface area contributed by atoms with Crippen molar-refractivity contribution < 1.29 is 14.3 Å². The van der Waals surface area contributed by atoms with Crippen molar-refractivity contribution in [3.8, 4) is 5.75 Å². The monoisotopic (exact) mass is 195 g/mol. The van der Waals surface area contributed by atoms with Crippen LogP contribution in [0.5, 0.6) is 5.75 Å². The summed E-state index contributed by atoms with van der Waals surface area (Å²) in [4.78, 5) is 10.9. The van der Waals surface area contributed by atoms with E-state index in [2.05, 4.69) is 5.32 Å². The van der Waals surface area contributed by atoms with Crippen molar-refractivity contribution in [1.82, 2.24) is 5.32 Å². The molecule has 1 saturated heterocycles. The number of halogens is 1. The molecule has 1 fully saturated rings. The Morgan fingerprint density at radius 1 is 1.50 bits per heavy atom. The van der Waals surface area contributed by atoms with Gasteiger partial charge >= 0.3 is 0 Å². The van der Waals surface area contributed by atoms with Crippen molar-refractivity contribution in [2.75, 3.05) is 6.54 Å². The average Bonchev–Trinajstić information content (AvgIpc) is 2.56. The van der Waals surface area contributed by atoms with E-state index in [1.165, 1.54) is 18.2 Å². The lowest BCUT2D eigenvalue weighted by atomic mass is 9.97. The lowest BCUT2D eigenvalue weighted by molar-refractivity contribution is -0.119. The quantitative estimate of drug-likeness (QED) is 0.705. The first-order chi connectivity index (χ1) is 6.66. The van der Waals surface area contributed by atoms with E-state index in [1.54, 1.807) is 0 Å². The van der Waals surface area contributed by atoms with Gasteiger partial charge < -0.3 is 10.4 Å². The zero-order valence-corrected chi connectivity index (χ0v) is 7.46. The first kappa shape index (κ1) is 8.99. The van der Waals surface area contributed by atoms with Gasteiger partial charge in [0.25, 0.3) is 0 Å². The van der Waals surface area contributed by atoms with E-state index in [-0.39, 0.29) is 17.6 Å². The number of nitrogens with one attached hydrogen (secondary N) is 1. The standard InChI is InChI=1S/C10H10FNO2/c11-7-1-2-9(13)8(4-7)6-3-10(14)12-5-6/h1-2,4,6,13H,3,5H2,(H,12,14). The van der Waals surface area contributed by atoms with Crippen LogP contribution in [0.3, 0.4) is 0 Å². The zero-order valence-electron chi connectivity index (χ0n) is 7.46. The highest BCUT2D eigenvalue weighted by atomic mass is 19.1. The van der Waals surface area contributed by atoms with Crippen molar-refractivity contribution >= 4 is 5.91 Å². The van der Waals surface area contributed by atoms with Gasteiger partial charge in [-0.05, 0) is 18.2 Å². The van der Waals surface area contributed by atoms with E-state index in [1.807, 2.05) is 0 Å². The molecule has 0 saturated carbocycles. The van der Waals surface area contributed by atoms with Crippen LogP contribution in [0, 0.1) is 5.82 Å². The van der Waals surface area contributed by atoms with Crippen LogP contribution < -0.4 is 5.32 Å². The van der Waals surface area contributed by atoms with Crippen LogP contribution in [0.2, 0.25) is 0 Å². The van der Waals surface area contributed by atoms with E-state index in [4.69, 9.17) is 0 Å². The van der Waals surface area contributed by atoms with E-state index in [0.29, 0.717) is 18.5 Å². The van der Waals surface area contributed by atoms with Gasteiger partial charge in [-0.15, -0.1) is 0 Å². The number of phenols is 1. The number of hydrogen-bond donors (Lipinski definition) is 2. The topological polar surface area (TPSA) is 49.3 Å². The number of hydrogen-bond acceptors (Lipinski definition) is 2. The van der Waals surface area contributed by atoms with Crippen molar-refractivity contribution in [3.63, 3.8) is 0 Å². The second-order valence-electron chi connectivity index (χ2n) is 3.41. The Labute approximate surface area is 80.6 Å². The molecule has 1 aliphatic rings. The average molecular weight is 195 g/mol. The molecule has 1 aliphatic heterocycles. The molecular weight excluding hydrogens is 185 g/mol. The number of benzene rings is 1. The number of carbonyl (C=O) groups excluding carboxylic acids is 1. The molecule has 4 heteroatoms. The third kappa shape index (κ3) is 1.55. The van der Waals surface area contributed by atoms with Crippen LogP contribution in [0.4, 0.5) is 4.39 Å². The molecule has 2 N–H and O–H groups in total. The highest BCUT2D eigenvalue weighted by Gasteiger charge is 2.25. The summed E-state index contributed by atoms with van der Waals surface area (Å²) in [6.07, 6.45) is 0.316. The Morgan fingerprint density at radius 2 is 2.29 bits per heavy atom. The van der Waals surface area contributed by atoms with E-state index >= 15 is 0 Å². The second-order valence-corrected chi connectivity index (χ2v) is 3.41. The molecule has 1 atom stereocenters. The van der Waals surface area contributed by atoms with Crippen molar-refractivity contribution in [3.05, 3.63) is 29.6 Å². The van der Waals surface area contributed by atoms with E-state index < -0.39 is 5.82 Å². The summed E-state index contributed by atoms with van der Waals surface area (Å²) in [5.74, 6) is -0.512. The molecule has 14 heavy (non-hydrogen) atoms. The molecule has 1 aromatic rings. The predicted molar refractivity (Wildman–Crippen MR) is 48.4 cm³/mol. The van der Waals surface area contributed by atoms with Gasteiger partial charge in [0.2, 0.25) is 5.91 Å². The van der Waals surface area contributed by atoms with Crippen molar-refractivity contribution in [1.29, 1.82) is 0 Å². The molecule has 0 aromatic heterocycles. The lowest BCUT2D eigenvalue weighted by Gasteiger charge is -2.09. The number of phenolic OH excluding ortho intramolecular Hbond substituents is 1. The Hall–Kier alpha value is -1.58. The highest BCUT2D eigenvalue weighted by molar-refractivity contribution is 5.79. The number of rotatable bonds is 1. The van der Waals surface area contributed by atoms with Gasteiger partial charge in [0.05, 0.1) is 0 Å². The summed E-state index contributed by atoms with van der Waals surface area (Å²) in [6, 6.07) is 3.79. The predicted octanol–water partition coefficient (Wildman–Crippen LogP) is 1.13. The minimum atomic E-state index is -0.392. The smallest absolute Gasteiger partial charge is 0.220 e. The summed E-state index contributed by atoms with van der Waals surface area (Å²) < 4.78 is 12.9. The third-order valence-electron chi connectivity index (χ3n) is 2.41. The molecule has 1 unspecified atom stereocenters. The summed E-state index contributed by atoms with van der Waals surface area (Å²) in [5.41, 5.74) is 0.503. The van der Waals surface area contributed by atoms with Crippen molar-refractivity contribution in [2.45, 2.75) is 12.3 Å². The van der Waals surface area contributed by atoms with Gasteiger partial charge in [0.15, 0.2) is 0 Å². The lowest BCUT2D eigenvalue weighted by Crippen LogP contribution is -2.13. The SMILES string of the molecule is O=C1CC(c2cc(F)ccc2O)CN1. The van der Waals surface area contributed by atoms with Gasteiger partial charge in [-0.3, -0.25) is 4.79 Å². The zero-order chi connectivity index (χ0) is 10.1. The van der Waals surface area contributed by atoms with Crippen LogP contribution in [0.15, 0.2) is 18.2 Å². The Morgan fingerprint density at radius 3 is 2.93 bits per heavy atom. The molecule has 1 amide bonds. The minimum Gasteiger partial charge on any atom is -0.508 e. The minimum absolute atomic E-state index is 0.0490. The molecule has 1 heterocycles. The highest BCUT2D eigenvalue weighted by Crippen LogP contribution is 2.30. The van der Waals surface area contributed by atoms with Crippen LogP contribution in [-0.4, -0.2) is 17.6 Å². The first-order valence-electron chi connectivity index (χ1n) is 4.42. The molecule has 74 valence electrons. The largest absolute Gasteiger partial charge is 0.508 e. The van der Waals surface area contributed by atoms with Crippen LogP contribution in [0.1, 0.15) is 17.9 Å². The van der Waals surface area contributed by atoms with Gasteiger partial charge in [-0.25, -0.2) is 4.39 Å². The number of aromatic hydroxyl groups is 1. The fourth-order valence-corrected chi connectivity index (χ4v) is 1.68. The Kier molecular flexibility index (Phi) is 2.11. The third-order valence-corrected chi connectivity index (χ3v) is 2.41. The summed E-state index contributed by atoms with van der Waals surface area (Å²) in [5, 5.41) is 12.1. The summed E-state index contributed by atoms with van der Waals surface area (Å²) in [6.45, 7) is 0.468. The van der Waals surface area contributed by atoms with Gasteiger partial charge in [-0.2, -0.15) is 0 Å². The van der Waals surface area contributed by atoms with Gasteiger partial charge in [0, 0.05) is 24.4 Å². The maximum Gasteiger partial charge on any atom is 0.220 e. The molecule has 1 aromatic carbocycles. The van der Waals surface area contributed by atoms with Crippen LogP contribution >= 0.6 is 0 Å². The molecule has 0 spiro atoms. The molecular formula is C10H10FNO2. The molecule has 0 aliphatic carbocycles. The van der Waals surface area contributed by atoms with E-state index in [9.17, 15) is 14.3 Å². The second kappa shape index (κ2) is 3.29. The molecule has 0 bridgehead atoms. The number of carbonyl (C=O) groups is 1. The fourth-order valence-electron chi connectivity index (χ4n) is 1.68. The fraction of sp³-hybridized carbons (Fsp3) is 0.300. The van der Waals surface area contributed by atoms with Gasteiger partial charge in [-0.1, -0.05) is 0 Å².